The van der Waals surface area contributed by atoms with E-state index < -0.39 is 6.10 Å². The number of nitriles is 1. The Morgan fingerprint density at radius 1 is 1.29 bits per heavy atom. The highest BCUT2D eigenvalue weighted by atomic mass is 16.5. The fourth-order valence-electron chi connectivity index (χ4n) is 2.72. The molecular weight excluding hydrogens is 308 g/mol. The fraction of sp³-hybridized carbons (Fsp3) is 0.500. The van der Waals surface area contributed by atoms with Crippen LogP contribution in [-0.4, -0.2) is 42.6 Å². The van der Waals surface area contributed by atoms with Crippen molar-refractivity contribution in [2.45, 2.75) is 32.8 Å². The number of carbonyl (C=O) groups is 2. The van der Waals surface area contributed by atoms with Crippen LogP contribution in [0.2, 0.25) is 0 Å². The molecule has 1 saturated heterocycles. The highest BCUT2D eigenvalue weighted by Crippen LogP contribution is 2.20. The summed E-state index contributed by atoms with van der Waals surface area (Å²) in [5, 5.41) is 8.78. The lowest BCUT2D eigenvalue weighted by Crippen LogP contribution is -2.45. The van der Waals surface area contributed by atoms with Crippen molar-refractivity contribution >= 4 is 11.9 Å². The van der Waals surface area contributed by atoms with Gasteiger partial charge in [0.15, 0.2) is 6.10 Å². The Morgan fingerprint density at radius 2 is 1.92 bits per heavy atom. The molecule has 1 aromatic rings. The Morgan fingerprint density at radius 3 is 2.46 bits per heavy atom. The van der Waals surface area contributed by atoms with Gasteiger partial charge in [-0.15, -0.1) is 0 Å². The van der Waals surface area contributed by atoms with Gasteiger partial charge < -0.3 is 14.4 Å². The van der Waals surface area contributed by atoms with Crippen LogP contribution in [0.5, 0.6) is 5.75 Å². The molecule has 0 bridgehead atoms. The molecule has 1 fully saturated rings. The summed E-state index contributed by atoms with van der Waals surface area (Å²) < 4.78 is 10.7. The summed E-state index contributed by atoms with van der Waals surface area (Å²) in [6, 6.07) is 8.69. The molecule has 1 atom stereocenters. The third-order valence-electron chi connectivity index (χ3n) is 4.07. The van der Waals surface area contributed by atoms with E-state index in [0.29, 0.717) is 43.9 Å². The summed E-state index contributed by atoms with van der Waals surface area (Å²) in [7, 11) is 0. The van der Waals surface area contributed by atoms with E-state index in [1.54, 1.807) is 43.0 Å². The molecular formula is C18H22N2O4. The third kappa shape index (κ3) is 4.48. The molecule has 0 spiro atoms. The minimum Gasteiger partial charge on any atom is -0.481 e. The molecule has 1 aliphatic heterocycles. The Labute approximate surface area is 142 Å². The zero-order valence-corrected chi connectivity index (χ0v) is 14.0. The molecule has 1 heterocycles. The van der Waals surface area contributed by atoms with Gasteiger partial charge in [-0.25, -0.2) is 0 Å². The van der Waals surface area contributed by atoms with E-state index in [4.69, 9.17) is 14.7 Å². The quantitative estimate of drug-likeness (QED) is 0.773. The number of amides is 1. The van der Waals surface area contributed by atoms with E-state index in [9.17, 15) is 9.59 Å². The summed E-state index contributed by atoms with van der Waals surface area (Å²) in [6.07, 6.45) is 0.625. The predicted molar refractivity (Wildman–Crippen MR) is 87.2 cm³/mol. The van der Waals surface area contributed by atoms with Gasteiger partial charge in [-0.2, -0.15) is 5.26 Å². The summed E-state index contributed by atoms with van der Waals surface area (Å²) in [5.74, 6) is 0.160. The van der Waals surface area contributed by atoms with Crippen LogP contribution in [0.25, 0.3) is 0 Å². The molecule has 6 heteroatoms. The molecule has 0 radical (unpaired) electrons. The maximum atomic E-state index is 12.5. The van der Waals surface area contributed by atoms with E-state index >= 15 is 0 Å². The number of benzene rings is 1. The van der Waals surface area contributed by atoms with Crippen LogP contribution in [0.4, 0.5) is 0 Å². The highest BCUT2D eigenvalue weighted by Gasteiger charge is 2.30. The monoisotopic (exact) mass is 330 g/mol. The van der Waals surface area contributed by atoms with Crippen molar-refractivity contribution in [2.75, 3.05) is 19.7 Å². The number of carbonyl (C=O) groups excluding carboxylic acids is 2. The largest absolute Gasteiger partial charge is 0.481 e. The van der Waals surface area contributed by atoms with Gasteiger partial charge in [0.05, 0.1) is 24.2 Å². The molecule has 0 aliphatic carbocycles. The predicted octanol–water partition coefficient (Wildman–Crippen LogP) is 2.13. The van der Waals surface area contributed by atoms with E-state index in [-0.39, 0.29) is 17.8 Å². The minimum atomic E-state index is -0.614. The number of rotatable bonds is 5. The zero-order chi connectivity index (χ0) is 17.5. The van der Waals surface area contributed by atoms with Gasteiger partial charge in [0.1, 0.15) is 5.75 Å². The van der Waals surface area contributed by atoms with Crippen LogP contribution < -0.4 is 4.74 Å². The number of esters is 1. The molecule has 0 N–H and O–H groups in total. The first kappa shape index (κ1) is 17.8. The van der Waals surface area contributed by atoms with Crippen molar-refractivity contribution < 1.29 is 19.1 Å². The van der Waals surface area contributed by atoms with Gasteiger partial charge in [0.2, 0.25) is 0 Å². The van der Waals surface area contributed by atoms with Gasteiger partial charge in [0, 0.05) is 13.1 Å². The van der Waals surface area contributed by atoms with Crippen molar-refractivity contribution in [3.05, 3.63) is 29.8 Å². The topological polar surface area (TPSA) is 79.6 Å². The minimum absolute atomic E-state index is 0.0957. The maximum Gasteiger partial charge on any atom is 0.309 e. The Hall–Kier alpha value is -2.55. The van der Waals surface area contributed by atoms with E-state index in [0.717, 1.165) is 0 Å². The average Bonchev–Trinajstić information content (AvgIpc) is 2.62. The van der Waals surface area contributed by atoms with Gasteiger partial charge in [-0.1, -0.05) is 0 Å². The molecule has 6 nitrogen and oxygen atoms in total. The highest BCUT2D eigenvalue weighted by molar-refractivity contribution is 5.81. The van der Waals surface area contributed by atoms with E-state index in [2.05, 4.69) is 0 Å². The van der Waals surface area contributed by atoms with Gasteiger partial charge in [0.25, 0.3) is 5.91 Å². The molecule has 128 valence electrons. The second kappa shape index (κ2) is 8.34. The van der Waals surface area contributed by atoms with E-state index in [1.807, 2.05) is 6.07 Å². The van der Waals surface area contributed by atoms with Crippen molar-refractivity contribution in [3.63, 3.8) is 0 Å². The molecule has 1 aliphatic rings. The number of nitrogens with zero attached hydrogens (tertiary/aromatic N) is 2. The molecule has 1 aromatic carbocycles. The lowest BCUT2D eigenvalue weighted by molar-refractivity contribution is -0.152. The molecule has 0 aromatic heterocycles. The zero-order valence-electron chi connectivity index (χ0n) is 14.0. The lowest BCUT2D eigenvalue weighted by atomic mass is 9.97. The number of likely N-dealkylation sites (tertiary alicyclic amines) is 1. The summed E-state index contributed by atoms with van der Waals surface area (Å²) >= 11 is 0. The average molecular weight is 330 g/mol. The Balaban J connectivity index is 1.85. The van der Waals surface area contributed by atoms with Crippen molar-refractivity contribution in [1.29, 1.82) is 5.26 Å². The standard InChI is InChI=1S/C18H22N2O4/c1-3-23-18(22)15-8-10-20(11-9-15)17(21)13(2)24-16-6-4-14(12-19)5-7-16/h4-7,13,15H,3,8-11H2,1-2H3/t13-/m0/s1. The van der Waals surface area contributed by atoms with Gasteiger partial charge >= 0.3 is 5.97 Å². The Bertz CT molecular complexity index is 613. The molecule has 1 amide bonds. The van der Waals surface area contributed by atoms with Crippen LogP contribution >= 0.6 is 0 Å². The molecule has 2 rings (SSSR count). The SMILES string of the molecule is CCOC(=O)C1CCN(C(=O)[C@H](C)Oc2ccc(C#N)cc2)CC1. The van der Waals surface area contributed by atoms with Gasteiger partial charge in [-0.3, -0.25) is 9.59 Å². The normalized spacial score (nSPS) is 16.1. The number of hydrogen-bond donors (Lipinski definition) is 0. The first-order valence-electron chi connectivity index (χ1n) is 8.17. The smallest absolute Gasteiger partial charge is 0.309 e. The van der Waals surface area contributed by atoms with Crippen molar-refractivity contribution in [3.8, 4) is 11.8 Å². The van der Waals surface area contributed by atoms with Gasteiger partial charge in [-0.05, 0) is 51.0 Å². The summed E-state index contributed by atoms with van der Waals surface area (Å²) in [5.41, 5.74) is 0.544. The first-order chi connectivity index (χ1) is 11.5. The number of piperidine rings is 1. The van der Waals surface area contributed by atoms with Crippen LogP contribution in [0.15, 0.2) is 24.3 Å². The van der Waals surface area contributed by atoms with Crippen LogP contribution in [0.3, 0.4) is 0 Å². The number of ether oxygens (including phenoxy) is 2. The lowest BCUT2D eigenvalue weighted by Gasteiger charge is -2.32. The molecule has 0 saturated carbocycles. The van der Waals surface area contributed by atoms with E-state index in [1.165, 1.54) is 0 Å². The first-order valence-corrected chi connectivity index (χ1v) is 8.17. The third-order valence-corrected chi connectivity index (χ3v) is 4.07. The maximum absolute atomic E-state index is 12.5. The van der Waals surface area contributed by atoms with Crippen molar-refractivity contribution in [1.82, 2.24) is 4.90 Å². The Kier molecular flexibility index (Phi) is 6.19. The summed E-state index contributed by atoms with van der Waals surface area (Å²) in [4.78, 5) is 25.9. The van der Waals surface area contributed by atoms with Crippen LogP contribution in [0, 0.1) is 17.2 Å². The van der Waals surface area contributed by atoms with Crippen LogP contribution in [0.1, 0.15) is 32.3 Å². The second-order valence-electron chi connectivity index (χ2n) is 5.75. The van der Waals surface area contributed by atoms with Crippen LogP contribution in [-0.2, 0) is 14.3 Å². The second-order valence-corrected chi connectivity index (χ2v) is 5.75. The summed E-state index contributed by atoms with van der Waals surface area (Å²) in [6.45, 7) is 4.94. The number of hydrogen-bond acceptors (Lipinski definition) is 5. The van der Waals surface area contributed by atoms with Crippen molar-refractivity contribution in [2.24, 2.45) is 5.92 Å². The molecule has 0 unspecified atom stereocenters. The fourth-order valence-corrected chi connectivity index (χ4v) is 2.72. The molecule has 24 heavy (non-hydrogen) atoms.